The van der Waals surface area contributed by atoms with Crippen LogP contribution in [0.15, 0.2) is 58.6 Å². The van der Waals surface area contributed by atoms with Crippen LogP contribution in [0.1, 0.15) is 38.3 Å². The van der Waals surface area contributed by atoms with Gasteiger partial charge in [-0.2, -0.15) is 0 Å². The largest absolute Gasteiger partial charge is 0.325 e. The smallest absolute Gasteiger partial charge is 0.230 e. The highest BCUT2D eigenvalue weighted by Crippen LogP contribution is 2.33. The SMILES string of the molecule is O=C(CC1=CSC2=NCCN12)Nc1cccc2c1C(=O)c1ccccc1C2=O. The Labute approximate surface area is 165 Å². The fraction of sp³-hybridized carbons (Fsp3) is 0.143. The molecule has 138 valence electrons. The van der Waals surface area contributed by atoms with Crippen molar-refractivity contribution in [3.05, 3.63) is 75.8 Å². The quantitative estimate of drug-likeness (QED) is 0.745. The molecule has 0 fully saturated rings. The molecule has 7 heteroatoms. The normalized spacial score (nSPS) is 16.9. The zero-order valence-corrected chi connectivity index (χ0v) is 15.6. The molecule has 3 aliphatic rings. The molecule has 2 aromatic carbocycles. The van der Waals surface area contributed by atoms with Crippen molar-refractivity contribution in [3.8, 4) is 0 Å². The van der Waals surface area contributed by atoms with E-state index in [0.717, 1.165) is 24.0 Å². The Hall–Kier alpha value is -3.19. The molecule has 6 nitrogen and oxygen atoms in total. The lowest BCUT2D eigenvalue weighted by atomic mass is 9.83. The Bertz CT molecular complexity index is 1120. The van der Waals surface area contributed by atoms with Crippen molar-refractivity contribution in [1.29, 1.82) is 0 Å². The van der Waals surface area contributed by atoms with Crippen LogP contribution in [0.3, 0.4) is 0 Å². The van der Waals surface area contributed by atoms with Crippen LogP contribution in [0.25, 0.3) is 0 Å². The lowest BCUT2D eigenvalue weighted by Gasteiger charge is -2.21. The number of benzene rings is 2. The number of fused-ring (bicyclic) bond motifs is 3. The maximum atomic E-state index is 13.0. The number of amidine groups is 1. The number of anilines is 1. The van der Waals surface area contributed by atoms with Gasteiger partial charge in [0, 0.05) is 28.9 Å². The molecule has 0 radical (unpaired) electrons. The second-order valence-corrected chi connectivity index (χ2v) is 7.54. The maximum Gasteiger partial charge on any atom is 0.230 e. The van der Waals surface area contributed by atoms with Crippen molar-refractivity contribution in [3.63, 3.8) is 0 Å². The highest BCUT2D eigenvalue weighted by atomic mass is 32.2. The van der Waals surface area contributed by atoms with Gasteiger partial charge < -0.3 is 10.2 Å². The third-order valence-corrected chi connectivity index (χ3v) is 5.97. The summed E-state index contributed by atoms with van der Waals surface area (Å²) in [5.41, 5.74) is 2.63. The number of rotatable bonds is 3. The van der Waals surface area contributed by atoms with Gasteiger partial charge in [0.1, 0.15) is 0 Å². The van der Waals surface area contributed by atoms with Crippen molar-refractivity contribution in [2.75, 3.05) is 18.4 Å². The Morgan fingerprint density at radius 1 is 1.04 bits per heavy atom. The third-order valence-electron chi connectivity index (χ3n) is 5.02. The summed E-state index contributed by atoms with van der Waals surface area (Å²) in [6, 6.07) is 11.7. The van der Waals surface area contributed by atoms with Gasteiger partial charge >= 0.3 is 0 Å². The van der Waals surface area contributed by atoms with Crippen LogP contribution in [0.2, 0.25) is 0 Å². The molecule has 0 atom stereocenters. The standard InChI is InChI=1S/C21H15N3O3S/c25-17(10-12-11-28-21-22-8-9-24(12)21)23-16-7-3-6-15-18(16)20(27)14-5-2-1-4-13(14)19(15)26/h1-7,11H,8-10H2,(H,23,25). The van der Waals surface area contributed by atoms with Crippen LogP contribution in [0.4, 0.5) is 5.69 Å². The van der Waals surface area contributed by atoms with E-state index in [2.05, 4.69) is 10.3 Å². The summed E-state index contributed by atoms with van der Waals surface area (Å²) < 4.78 is 0. The van der Waals surface area contributed by atoms with Gasteiger partial charge in [-0.05, 0) is 11.5 Å². The van der Waals surface area contributed by atoms with Crippen LogP contribution in [-0.2, 0) is 4.79 Å². The lowest BCUT2D eigenvalue weighted by Crippen LogP contribution is -2.26. The van der Waals surface area contributed by atoms with Gasteiger partial charge in [0.05, 0.1) is 24.2 Å². The van der Waals surface area contributed by atoms with E-state index in [4.69, 9.17) is 0 Å². The maximum absolute atomic E-state index is 13.0. The molecule has 0 saturated heterocycles. The summed E-state index contributed by atoms with van der Waals surface area (Å²) in [5.74, 6) is -0.674. The summed E-state index contributed by atoms with van der Waals surface area (Å²) in [6.07, 6.45) is 0.189. The Balaban J connectivity index is 1.43. The first-order chi connectivity index (χ1) is 13.6. The zero-order valence-electron chi connectivity index (χ0n) is 14.8. The van der Waals surface area contributed by atoms with E-state index in [1.54, 1.807) is 42.5 Å². The minimum atomic E-state index is -0.245. The molecule has 1 amide bonds. The van der Waals surface area contributed by atoms with Crippen molar-refractivity contribution < 1.29 is 14.4 Å². The Kier molecular flexibility index (Phi) is 3.91. The Morgan fingerprint density at radius 2 is 1.79 bits per heavy atom. The molecular formula is C21H15N3O3S. The van der Waals surface area contributed by atoms with Crippen LogP contribution >= 0.6 is 11.8 Å². The topological polar surface area (TPSA) is 78.8 Å². The van der Waals surface area contributed by atoms with Crippen molar-refractivity contribution >= 4 is 40.1 Å². The highest BCUT2D eigenvalue weighted by molar-refractivity contribution is 8.16. The number of hydrogen-bond donors (Lipinski definition) is 1. The van der Waals surface area contributed by atoms with Gasteiger partial charge in [-0.3, -0.25) is 19.4 Å². The Morgan fingerprint density at radius 3 is 2.61 bits per heavy atom. The number of thioether (sulfide) groups is 1. The number of carbonyl (C=O) groups is 3. The van der Waals surface area contributed by atoms with Gasteiger partial charge in [-0.25, -0.2) is 0 Å². The molecule has 2 aromatic rings. The minimum Gasteiger partial charge on any atom is -0.325 e. The molecule has 0 saturated carbocycles. The third kappa shape index (κ3) is 2.58. The van der Waals surface area contributed by atoms with E-state index < -0.39 is 0 Å². The summed E-state index contributed by atoms with van der Waals surface area (Å²) in [4.78, 5) is 44.9. The molecule has 5 rings (SSSR count). The van der Waals surface area contributed by atoms with Gasteiger partial charge in [0.25, 0.3) is 0 Å². The molecule has 2 aliphatic heterocycles. The fourth-order valence-corrected chi connectivity index (χ4v) is 4.68. The van der Waals surface area contributed by atoms with Crippen molar-refractivity contribution in [2.45, 2.75) is 6.42 Å². The number of nitrogens with one attached hydrogen (secondary N) is 1. The molecule has 0 bridgehead atoms. The predicted molar refractivity (Wildman–Crippen MR) is 108 cm³/mol. The summed E-state index contributed by atoms with van der Waals surface area (Å²) >= 11 is 1.52. The van der Waals surface area contributed by atoms with Crippen LogP contribution in [0.5, 0.6) is 0 Å². The number of carbonyl (C=O) groups excluding carboxylic acids is 3. The second kappa shape index (κ2) is 6.45. The molecule has 0 spiro atoms. The first-order valence-electron chi connectivity index (χ1n) is 8.92. The number of aliphatic imine (C=N–C) groups is 1. The highest BCUT2D eigenvalue weighted by Gasteiger charge is 2.32. The first-order valence-corrected chi connectivity index (χ1v) is 9.80. The van der Waals surface area contributed by atoms with Crippen LogP contribution in [-0.4, -0.2) is 40.6 Å². The van der Waals surface area contributed by atoms with Crippen LogP contribution < -0.4 is 5.32 Å². The first kappa shape index (κ1) is 16.9. The van der Waals surface area contributed by atoms with Gasteiger partial charge in [-0.1, -0.05) is 48.2 Å². The summed E-state index contributed by atoms with van der Waals surface area (Å²) in [7, 11) is 0. The second-order valence-electron chi connectivity index (χ2n) is 6.70. The van der Waals surface area contributed by atoms with E-state index in [-0.39, 0.29) is 29.5 Å². The van der Waals surface area contributed by atoms with Gasteiger partial charge in [-0.15, -0.1) is 0 Å². The predicted octanol–water partition coefficient (Wildman–Crippen LogP) is 3.05. The average Bonchev–Trinajstić information content (AvgIpc) is 3.31. The molecule has 0 aromatic heterocycles. The van der Waals surface area contributed by atoms with Crippen molar-refractivity contribution in [1.82, 2.24) is 4.90 Å². The molecule has 0 unspecified atom stereocenters. The number of nitrogens with zero attached hydrogens (tertiary/aromatic N) is 2. The van der Waals surface area contributed by atoms with Crippen LogP contribution in [0, 0.1) is 0 Å². The fourth-order valence-electron chi connectivity index (χ4n) is 3.72. The molecule has 1 N–H and O–H groups in total. The van der Waals surface area contributed by atoms with E-state index in [1.807, 2.05) is 10.3 Å². The number of amides is 1. The van der Waals surface area contributed by atoms with Gasteiger partial charge in [0.15, 0.2) is 16.7 Å². The average molecular weight is 389 g/mol. The molecule has 1 aliphatic carbocycles. The molecule has 2 heterocycles. The minimum absolute atomic E-state index is 0.189. The van der Waals surface area contributed by atoms with Crippen molar-refractivity contribution in [2.24, 2.45) is 4.99 Å². The summed E-state index contributed by atoms with van der Waals surface area (Å²) in [6.45, 7) is 1.52. The number of ketones is 2. The van der Waals surface area contributed by atoms with E-state index in [1.165, 1.54) is 11.8 Å². The lowest BCUT2D eigenvalue weighted by molar-refractivity contribution is -0.115. The molecule has 28 heavy (non-hydrogen) atoms. The molecular weight excluding hydrogens is 374 g/mol. The van der Waals surface area contributed by atoms with E-state index in [9.17, 15) is 14.4 Å². The number of hydrogen-bond acceptors (Lipinski definition) is 6. The van der Waals surface area contributed by atoms with E-state index >= 15 is 0 Å². The van der Waals surface area contributed by atoms with E-state index in [0.29, 0.717) is 22.4 Å². The summed E-state index contributed by atoms with van der Waals surface area (Å²) in [5, 5.41) is 5.69. The monoisotopic (exact) mass is 389 g/mol. The zero-order chi connectivity index (χ0) is 19.3. The van der Waals surface area contributed by atoms with Gasteiger partial charge in [0.2, 0.25) is 5.91 Å².